The van der Waals surface area contributed by atoms with Gasteiger partial charge in [-0.3, -0.25) is 4.79 Å². The number of carbonyl (C=O) groups excluding carboxylic acids is 1. The number of amides is 1. The van der Waals surface area contributed by atoms with Gasteiger partial charge in [-0.2, -0.15) is 4.98 Å². The summed E-state index contributed by atoms with van der Waals surface area (Å²) in [5, 5.41) is 7.82. The predicted octanol–water partition coefficient (Wildman–Crippen LogP) is 3.90. The van der Waals surface area contributed by atoms with Gasteiger partial charge < -0.3 is 10.2 Å². The molecule has 1 saturated heterocycles. The van der Waals surface area contributed by atoms with Gasteiger partial charge in [0.2, 0.25) is 11.9 Å². The fraction of sp³-hybridized carbons (Fsp3) is 0.286. The largest absolute Gasteiger partial charge is 0.342 e. The Labute approximate surface area is 160 Å². The molecule has 1 atom stereocenters. The number of anilines is 2. The zero-order chi connectivity index (χ0) is 18.8. The summed E-state index contributed by atoms with van der Waals surface area (Å²) in [4.78, 5) is 17.9. The van der Waals surface area contributed by atoms with Crippen LogP contribution in [0.15, 0.2) is 54.9 Å². The zero-order valence-electron chi connectivity index (χ0n) is 15.6. The second kappa shape index (κ2) is 7.23. The molecule has 6 heteroatoms. The van der Waals surface area contributed by atoms with Crippen molar-refractivity contribution in [3.63, 3.8) is 0 Å². The minimum Gasteiger partial charge on any atom is -0.342 e. The highest BCUT2D eigenvalue weighted by Gasteiger charge is 2.25. The number of carbonyl (C=O) groups is 1. The highest BCUT2D eigenvalue weighted by atomic mass is 16.2. The smallest absolute Gasteiger partial charge is 0.246 e. The van der Waals surface area contributed by atoms with E-state index in [0.717, 1.165) is 30.9 Å². The standard InChI is InChI=1S/C21H23N5O.H2/c1-15-10-18(17-8-9-25(13-17)16(2)27)12-19(11-15)23-21-22-14-26(24-21)20-6-4-3-5-7-20;/h3-7,10-12,14,17H,8-9,13H2,1-2H3,(H,23,24);1H. The molecule has 27 heavy (non-hydrogen) atoms. The van der Waals surface area contributed by atoms with E-state index >= 15 is 0 Å². The van der Waals surface area contributed by atoms with Gasteiger partial charge in [-0.25, -0.2) is 4.68 Å². The minimum atomic E-state index is 0. The van der Waals surface area contributed by atoms with Crippen LogP contribution in [0.2, 0.25) is 0 Å². The zero-order valence-corrected chi connectivity index (χ0v) is 15.6. The molecule has 1 aliphatic rings. The number of likely N-dealkylation sites (tertiary alicyclic amines) is 1. The third-order valence-electron chi connectivity index (χ3n) is 4.97. The molecule has 1 amide bonds. The van der Waals surface area contributed by atoms with Gasteiger partial charge >= 0.3 is 0 Å². The Kier molecular flexibility index (Phi) is 4.62. The Morgan fingerprint density at radius 2 is 2.04 bits per heavy atom. The van der Waals surface area contributed by atoms with Gasteiger partial charge in [-0.15, -0.1) is 5.10 Å². The molecule has 0 aliphatic carbocycles. The van der Waals surface area contributed by atoms with Gasteiger partial charge in [-0.05, 0) is 48.7 Å². The second-order valence-corrected chi connectivity index (χ2v) is 7.06. The van der Waals surface area contributed by atoms with Crippen LogP contribution in [-0.2, 0) is 4.79 Å². The molecule has 0 bridgehead atoms. The number of aromatic nitrogens is 3. The van der Waals surface area contributed by atoms with Gasteiger partial charge in [0.1, 0.15) is 6.33 Å². The first kappa shape index (κ1) is 17.3. The van der Waals surface area contributed by atoms with Crippen LogP contribution in [0.4, 0.5) is 11.6 Å². The lowest BCUT2D eigenvalue weighted by molar-refractivity contribution is -0.127. The summed E-state index contributed by atoms with van der Waals surface area (Å²) < 4.78 is 1.75. The Balaban J connectivity index is 0.00000225. The fourth-order valence-electron chi connectivity index (χ4n) is 3.59. The average Bonchev–Trinajstić information content (AvgIpc) is 3.32. The molecule has 6 nitrogen and oxygen atoms in total. The molecule has 4 rings (SSSR count). The summed E-state index contributed by atoms with van der Waals surface area (Å²) in [6.45, 7) is 5.35. The van der Waals surface area contributed by atoms with E-state index in [-0.39, 0.29) is 7.33 Å². The summed E-state index contributed by atoms with van der Waals surface area (Å²) in [5.74, 6) is 1.09. The molecule has 0 spiro atoms. The summed E-state index contributed by atoms with van der Waals surface area (Å²) >= 11 is 0. The maximum atomic E-state index is 11.6. The molecule has 1 N–H and O–H groups in total. The third kappa shape index (κ3) is 3.84. The monoisotopic (exact) mass is 363 g/mol. The third-order valence-corrected chi connectivity index (χ3v) is 4.97. The number of aryl methyl sites for hydroxylation is 1. The molecule has 1 fully saturated rings. The molecule has 1 aromatic heterocycles. The van der Waals surface area contributed by atoms with Crippen molar-refractivity contribution in [3.8, 4) is 5.69 Å². The predicted molar refractivity (Wildman–Crippen MR) is 108 cm³/mol. The number of nitrogens with one attached hydrogen (secondary N) is 1. The SMILES string of the molecule is CC(=O)N1CCC(c2cc(C)cc(Nc3ncn(-c4ccccc4)n3)c2)C1.[HH]. The second-order valence-electron chi connectivity index (χ2n) is 7.06. The van der Waals surface area contributed by atoms with E-state index in [0.29, 0.717) is 11.9 Å². The van der Waals surface area contributed by atoms with Crippen LogP contribution in [0.5, 0.6) is 0 Å². The molecule has 1 aliphatic heterocycles. The van der Waals surface area contributed by atoms with E-state index in [4.69, 9.17) is 0 Å². The summed E-state index contributed by atoms with van der Waals surface area (Å²) in [6.07, 6.45) is 2.71. The van der Waals surface area contributed by atoms with E-state index in [1.165, 1.54) is 11.1 Å². The Bertz CT molecular complexity index is 956. The molecule has 3 aromatic rings. The van der Waals surface area contributed by atoms with Gasteiger partial charge in [0.25, 0.3) is 0 Å². The Morgan fingerprint density at radius 1 is 1.22 bits per heavy atom. The van der Waals surface area contributed by atoms with Crippen LogP contribution in [0.25, 0.3) is 5.69 Å². The van der Waals surface area contributed by atoms with Crippen molar-refractivity contribution in [1.29, 1.82) is 0 Å². The van der Waals surface area contributed by atoms with Gasteiger partial charge in [-0.1, -0.05) is 24.3 Å². The van der Waals surface area contributed by atoms with Crippen LogP contribution < -0.4 is 5.32 Å². The van der Waals surface area contributed by atoms with Crippen molar-refractivity contribution >= 4 is 17.5 Å². The molecular formula is C21H25N5O. The molecule has 2 heterocycles. The van der Waals surface area contributed by atoms with E-state index < -0.39 is 0 Å². The van der Waals surface area contributed by atoms with Crippen LogP contribution in [0.1, 0.15) is 31.8 Å². The minimum absolute atomic E-state index is 0. The number of para-hydroxylation sites is 1. The maximum Gasteiger partial charge on any atom is 0.246 e. The number of rotatable bonds is 4. The van der Waals surface area contributed by atoms with Crippen molar-refractivity contribution in [3.05, 3.63) is 66.0 Å². The van der Waals surface area contributed by atoms with E-state index in [1.807, 2.05) is 35.2 Å². The van der Waals surface area contributed by atoms with Crippen molar-refractivity contribution in [2.75, 3.05) is 18.4 Å². The van der Waals surface area contributed by atoms with Crippen LogP contribution in [0.3, 0.4) is 0 Å². The van der Waals surface area contributed by atoms with E-state index in [9.17, 15) is 4.79 Å². The fourth-order valence-corrected chi connectivity index (χ4v) is 3.59. The summed E-state index contributed by atoms with van der Waals surface area (Å²) in [7, 11) is 0. The number of benzene rings is 2. The molecular weight excluding hydrogens is 338 g/mol. The number of nitrogens with zero attached hydrogens (tertiary/aromatic N) is 4. The number of hydrogen-bond acceptors (Lipinski definition) is 4. The van der Waals surface area contributed by atoms with Gasteiger partial charge in [0.05, 0.1) is 5.69 Å². The van der Waals surface area contributed by atoms with Crippen LogP contribution in [0, 0.1) is 6.92 Å². The normalized spacial score (nSPS) is 16.5. The molecule has 140 valence electrons. The topological polar surface area (TPSA) is 63.1 Å². The van der Waals surface area contributed by atoms with E-state index in [1.54, 1.807) is 17.9 Å². The van der Waals surface area contributed by atoms with Gasteiger partial charge in [0.15, 0.2) is 0 Å². The van der Waals surface area contributed by atoms with Crippen molar-refractivity contribution in [2.45, 2.75) is 26.2 Å². The summed E-state index contributed by atoms with van der Waals surface area (Å²) in [6, 6.07) is 16.3. The lowest BCUT2D eigenvalue weighted by atomic mass is 9.96. The molecule has 2 aromatic carbocycles. The highest BCUT2D eigenvalue weighted by molar-refractivity contribution is 5.73. The first-order valence-electron chi connectivity index (χ1n) is 9.20. The highest BCUT2D eigenvalue weighted by Crippen LogP contribution is 2.30. The first-order valence-corrected chi connectivity index (χ1v) is 9.20. The molecule has 0 saturated carbocycles. The van der Waals surface area contributed by atoms with Crippen molar-refractivity contribution in [1.82, 2.24) is 19.7 Å². The first-order chi connectivity index (χ1) is 13.1. The van der Waals surface area contributed by atoms with Gasteiger partial charge in [0, 0.05) is 33.0 Å². The van der Waals surface area contributed by atoms with Crippen LogP contribution >= 0.6 is 0 Å². The van der Waals surface area contributed by atoms with Crippen molar-refractivity contribution in [2.24, 2.45) is 0 Å². The lowest BCUT2D eigenvalue weighted by Crippen LogP contribution is -2.25. The summed E-state index contributed by atoms with van der Waals surface area (Å²) in [5.41, 5.74) is 4.37. The maximum absolute atomic E-state index is 11.6. The average molecular weight is 363 g/mol. The number of hydrogen-bond donors (Lipinski definition) is 1. The lowest BCUT2D eigenvalue weighted by Gasteiger charge is -2.15. The van der Waals surface area contributed by atoms with Crippen molar-refractivity contribution < 1.29 is 6.22 Å². The Morgan fingerprint density at radius 3 is 2.78 bits per heavy atom. The quantitative estimate of drug-likeness (QED) is 0.764. The molecule has 1 unspecified atom stereocenters. The van der Waals surface area contributed by atoms with Crippen LogP contribution in [-0.4, -0.2) is 38.7 Å². The Hall–Kier alpha value is -3.15. The molecule has 0 radical (unpaired) electrons. The van der Waals surface area contributed by atoms with E-state index in [2.05, 4.69) is 40.5 Å².